The monoisotopic (exact) mass is 408 g/mol. The van der Waals surface area contributed by atoms with Gasteiger partial charge in [-0.1, -0.05) is 24.3 Å². The maximum absolute atomic E-state index is 12.1. The van der Waals surface area contributed by atoms with E-state index in [-0.39, 0.29) is 19.1 Å². The summed E-state index contributed by atoms with van der Waals surface area (Å²) >= 11 is 0. The molecular weight excluding hydrogens is 372 g/mol. The fraction of sp³-hybridized carbons (Fsp3) is 0.636. The Morgan fingerprint density at radius 1 is 1.14 bits per heavy atom. The molecule has 1 rings (SSSR count). The normalized spacial score (nSPS) is 13.6. The molecule has 29 heavy (non-hydrogen) atoms. The first-order chi connectivity index (χ1) is 13.6. The van der Waals surface area contributed by atoms with Crippen LogP contribution in [0.25, 0.3) is 0 Å². The van der Waals surface area contributed by atoms with Gasteiger partial charge in [-0.2, -0.15) is 0 Å². The Morgan fingerprint density at radius 3 is 2.31 bits per heavy atom. The fourth-order valence-corrected chi connectivity index (χ4v) is 2.77. The number of amides is 2. The van der Waals surface area contributed by atoms with E-state index in [1.807, 2.05) is 19.1 Å². The average molecular weight is 409 g/mol. The Morgan fingerprint density at radius 2 is 1.76 bits per heavy atom. The molecule has 1 aromatic carbocycles. The molecule has 164 valence electrons. The fourth-order valence-electron chi connectivity index (χ4n) is 2.77. The van der Waals surface area contributed by atoms with E-state index in [0.717, 1.165) is 24.8 Å². The van der Waals surface area contributed by atoms with Crippen LogP contribution in [-0.2, 0) is 27.3 Å². The number of alkyl carbamates (subject to hydrolysis) is 1. The van der Waals surface area contributed by atoms with E-state index in [1.54, 1.807) is 20.8 Å². The standard InChI is InChI=1S/C22H36N2O5/c1-16(19(12-13-20(23)26)24-21(27)29-22(2,3)4)28-15-18-10-8-17(9-11-18)7-5-6-14-25/h8-11,16,19,25H,5-7,12-15H2,1-4H3,(H2,23,26)(H,24,27)/t16-,19+/m1/s1. The summed E-state index contributed by atoms with van der Waals surface area (Å²) in [5, 5.41) is 11.6. The number of hydrogen-bond donors (Lipinski definition) is 3. The van der Waals surface area contributed by atoms with Crippen molar-refractivity contribution < 1.29 is 24.2 Å². The molecule has 0 aliphatic carbocycles. The van der Waals surface area contributed by atoms with E-state index < -0.39 is 23.6 Å². The van der Waals surface area contributed by atoms with Gasteiger partial charge in [-0.25, -0.2) is 4.79 Å². The van der Waals surface area contributed by atoms with Crippen LogP contribution < -0.4 is 11.1 Å². The Kier molecular flexibility index (Phi) is 10.7. The summed E-state index contributed by atoms with van der Waals surface area (Å²) in [6.45, 7) is 7.83. The molecule has 0 aliphatic rings. The predicted molar refractivity (Wildman–Crippen MR) is 112 cm³/mol. The smallest absolute Gasteiger partial charge is 0.407 e. The quantitative estimate of drug-likeness (QED) is 0.460. The molecule has 0 radical (unpaired) electrons. The van der Waals surface area contributed by atoms with Gasteiger partial charge in [-0.05, 0) is 64.5 Å². The van der Waals surface area contributed by atoms with Crippen molar-refractivity contribution in [1.82, 2.24) is 5.32 Å². The van der Waals surface area contributed by atoms with Gasteiger partial charge in [0, 0.05) is 13.0 Å². The van der Waals surface area contributed by atoms with Crippen molar-refractivity contribution >= 4 is 12.0 Å². The van der Waals surface area contributed by atoms with Crippen molar-refractivity contribution in [3.05, 3.63) is 35.4 Å². The molecule has 0 unspecified atom stereocenters. The number of aliphatic hydroxyl groups is 1. The van der Waals surface area contributed by atoms with Crippen LogP contribution in [0.15, 0.2) is 24.3 Å². The Balaban J connectivity index is 2.60. The summed E-state index contributed by atoms with van der Waals surface area (Å²) in [5.74, 6) is -0.426. The molecule has 1 aromatic rings. The minimum atomic E-state index is -0.610. The number of ether oxygens (including phenoxy) is 2. The summed E-state index contributed by atoms with van der Waals surface area (Å²) < 4.78 is 11.2. The maximum Gasteiger partial charge on any atom is 0.407 e. The number of carbonyl (C=O) groups is 2. The molecule has 2 atom stereocenters. The Hall–Kier alpha value is -2.12. The molecule has 4 N–H and O–H groups in total. The number of benzene rings is 1. The van der Waals surface area contributed by atoms with Crippen LogP contribution in [0, 0.1) is 0 Å². The minimum absolute atomic E-state index is 0.150. The third kappa shape index (κ3) is 11.5. The van der Waals surface area contributed by atoms with Crippen molar-refractivity contribution in [2.75, 3.05) is 6.61 Å². The topological polar surface area (TPSA) is 111 Å². The lowest BCUT2D eigenvalue weighted by Crippen LogP contribution is -2.45. The van der Waals surface area contributed by atoms with Gasteiger partial charge >= 0.3 is 6.09 Å². The number of primary amides is 1. The second kappa shape index (κ2) is 12.4. The highest BCUT2D eigenvalue weighted by molar-refractivity contribution is 5.74. The van der Waals surface area contributed by atoms with Gasteiger partial charge in [0.25, 0.3) is 0 Å². The lowest BCUT2D eigenvalue weighted by Gasteiger charge is -2.27. The number of nitrogens with two attached hydrogens (primary N) is 1. The van der Waals surface area contributed by atoms with Crippen LogP contribution >= 0.6 is 0 Å². The zero-order valence-electron chi connectivity index (χ0n) is 18.1. The summed E-state index contributed by atoms with van der Waals surface area (Å²) in [6, 6.07) is 7.76. The van der Waals surface area contributed by atoms with Crippen molar-refractivity contribution in [1.29, 1.82) is 0 Å². The van der Waals surface area contributed by atoms with Crippen LogP contribution in [0.1, 0.15) is 64.5 Å². The minimum Gasteiger partial charge on any atom is -0.444 e. The number of aliphatic hydroxyl groups excluding tert-OH is 1. The molecule has 0 saturated carbocycles. The summed E-state index contributed by atoms with van der Waals surface area (Å²) in [4.78, 5) is 23.3. The molecule has 0 aromatic heterocycles. The van der Waals surface area contributed by atoms with Gasteiger partial charge in [0.15, 0.2) is 0 Å². The zero-order chi connectivity index (χ0) is 21.9. The molecule has 0 spiro atoms. The molecular formula is C22H36N2O5. The lowest BCUT2D eigenvalue weighted by molar-refractivity contribution is -0.118. The second-order valence-electron chi connectivity index (χ2n) is 8.27. The number of carbonyl (C=O) groups excluding carboxylic acids is 2. The number of nitrogens with one attached hydrogen (secondary N) is 1. The molecule has 7 heteroatoms. The third-order valence-corrected chi connectivity index (χ3v) is 4.38. The predicted octanol–water partition coefficient (Wildman–Crippen LogP) is 3.07. The van der Waals surface area contributed by atoms with Crippen LogP contribution in [0.4, 0.5) is 4.79 Å². The summed E-state index contributed by atoms with van der Waals surface area (Å²) in [5.41, 5.74) is 6.89. The van der Waals surface area contributed by atoms with E-state index in [9.17, 15) is 9.59 Å². The van der Waals surface area contributed by atoms with Gasteiger partial charge in [0.05, 0.1) is 18.8 Å². The van der Waals surface area contributed by atoms with E-state index in [2.05, 4.69) is 17.4 Å². The highest BCUT2D eigenvalue weighted by Gasteiger charge is 2.24. The zero-order valence-corrected chi connectivity index (χ0v) is 18.1. The van der Waals surface area contributed by atoms with Crippen LogP contribution in [-0.4, -0.2) is 41.5 Å². The molecule has 0 fully saturated rings. The van der Waals surface area contributed by atoms with E-state index >= 15 is 0 Å². The van der Waals surface area contributed by atoms with Crippen LogP contribution in [0.2, 0.25) is 0 Å². The van der Waals surface area contributed by atoms with Gasteiger partial charge in [-0.15, -0.1) is 0 Å². The largest absolute Gasteiger partial charge is 0.444 e. The summed E-state index contributed by atoms with van der Waals surface area (Å²) in [6.07, 6.45) is 2.35. The average Bonchev–Trinajstić information content (AvgIpc) is 2.62. The highest BCUT2D eigenvalue weighted by atomic mass is 16.6. The Labute approximate surface area is 174 Å². The third-order valence-electron chi connectivity index (χ3n) is 4.38. The first kappa shape index (κ1) is 24.9. The molecule has 7 nitrogen and oxygen atoms in total. The lowest BCUT2D eigenvalue weighted by atomic mass is 10.1. The second-order valence-corrected chi connectivity index (χ2v) is 8.27. The van der Waals surface area contributed by atoms with E-state index in [4.69, 9.17) is 20.3 Å². The first-order valence-electron chi connectivity index (χ1n) is 10.2. The number of unbranched alkanes of at least 4 members (excludes halogenated alkanes) is 1. The van der Waals surface area contributed by atoms with E-state index in [0.29, 0.717) is 13.0 Å². The number of hydrogen-bond acceptors (Lipinski definition) is 5. The molecule has 0 aliphatic heterocycles. The van der Waals surface area contributed by atoms with E-state index in [1.165, 1.54) is 5.56 Å². The van der Waals surface area contributed by atoms with Gasteiger partial charge in [-0.3, -0.25) is 4.79 Å². The van der Waals surface area contributed by atoms with Crippen molar-refractivity contribution in [3.63, 3.8) is 0 Å². The highest BCUT2D eigenvalue weighted by Crippen LogP contribution is 2.14. The molecule has 0 bridgehead atoms. The van der Waals surface area contributed by atoms with Gasteiger partial charge in [0.1, 0.15) is 5.60 Å². The maximum atomic E-state index is 12.1. The van der Waals surface area contributed by atoms with Crippen LogP contribution in [0.5, 0.6) is 0 Å². The Bertz CT molecular complexity index is 625. The molecule has 0 heterocycles. The van der Waals surface area contributed by atoms with Crippen molar-refractivity contribution in [2.24, 2.45) is 5.73 Å². The molecule has 2 amide bonds. The number of rotatable bonds is 12. The SMILES string of the molecule is C[C@@H](OCc1ccc(CCCCO)cc1)[C@H](CCC(N)=O)NC(=O)OC(C)(C)C. The van der Waals surface area contributed by atoms with Crippen molar-refractivity contribution in [2.45, 2.75) is 84.2 Å². The van der Waals surface area contributed by atoms with Gasteiger partial charge in [0.2, 0.25) is 5.91 Å². The van der Waals surface area contributed by atoms with Crippen molar-refractivity contribution in [3.8, 4) is 0 Å². The molecule has 0 saturated heterocycles. The summed E-state index contributed by atoms with van der Waals surface area (Å²) in [7, 11) is 0. The van der Waals surface area contributed by atoms with Crippen LogP contribution in [0.3, 0.4) is 0 Å². The van der Waals surface area contributed by atoms with Gasteiger partial charge < -0.3 is 25.6 Å². The number of aryl methyl sites for hydroxylation is 1. The first-order valence-corrected chi connectivity index (χ1v) is 10.2.